The van der Waals surface area contributed by atoms with Crippen LogP contribution in [-0.4, -0.2) is 50.9 Å². The van der Waals surface area contributed by atoms with E-state index in [1.165, 1.54) is 5.56 Å². The standard InChI is InChI=1S/C26H32N2O4S/c1-18(2)20-7-10-25-24(13-20)21(16-32-25)14-26(29)28(23-11-12-33(30,31)17-23)15-19-5-8-22(9-6-19)27(3)4/h5-10,13,16,18,23H,11-12,14-15,17H2,1-4H3. The van der Waals surface area contributed by atoms with Crippen LogP contribution < -0.4 is 4.90 Å². The van der Waals surface area contributed by atoms with Crippen molar-refractivity contribution in [2.45, 2.75) is 45.2 Å². The Morgan fingerprint density at radius 2 is 1.85 bits per heavy atom. The second kappa shape index (κ2) is 9.21. The number of hydrogen-bond donors (Lipinski definition) is 0. The van der Waals surface area contributed by atoms with Crippen molar-refractivity contribution >= 4 is 32.4 Å². The minimum Gasteiger partial charge on any atom is -0.464 e. The normalized spacial score (nSPS) is 17.5. The molecule has 0 bridgehead atoms. The third-order valence-electron chi connectivity index (χ3n) is 6.46. The molecule has 7 heteroatoms. The highest BCUT2D eigenvalue weighted by Crippen LogP contribution is 2.28. The van der Waals surface area contributed by atoms with Gasteiger partial charge < -0.3 is 14.2 Å². The van der Waals surface area contributed by atoms with E-state index < -0.39 is 9.84 Å². The molecule has 1 fully saturated rings. The Morgan fingerprint density at radius 1 is 1.12 bits per heavy atom. The van der Waals surface area contributed by atoms with E-state index in [-0.39, 0.29) is 29.9 Å². The van der Waals surface area contributed by atoms with E-state index in [1.54, 1.807) is 11.2 Å². The number of carbonyl (C=O) groups excluding carboxylic acids is 1. The zero-order valence-electron chi connectivity index (χ0n) is 19.7. The lowest BCUT2D eigenvalue weighted by Gasteiger charge is -2.29. The van der Waals surface area contributed by atoms with Crippen LogP contribution in [0.15, 0.2) is 53.1 Å². The molecule has 176 valence electrons. The van der Waals surface area contributed by atoms with E-state index in [0.29, 0.717) is 18.9 Å². The van der Waals surface area contributed by atoms with Gasteiger partial charge in [-0.15, -0.1) is 0 Å². The van der Waals surface area contributed by atoms with Crippen LogP contribution in [0.2, 0.25) is 0 Å². The molecule has 0 saturated carbocycles. The molecule has 1 saturated heterocycles. The van der Waals surface area contributed by atoms with Gasteiger partial charge in [0, 0.05) is 43.3 Å². The smallest absolute Gasteiger partial charge is 0.227 e. The maximum Gasteiger partial charge on any atom is 0.227 e. The van der Waals surface area contributed by atoms with E-state index in [2.05, 4.69) is 26.0 Å². The number of sulfone groups is 1. The molecule has 1 amide bonds. The number of fused-ring (bicyclic) bond motifs is 1. The largest absolute Gasteiger partial charge is 0.464 e. The van der Waals surface area contributed by atoms with Crippen molar-refractivity contribution in [1.29, 1.82) is 0 Å². The lowest BCUT2D eigenvalue weighted by atomic mass is 9.99. The van der Waals surface area contributed by atoms with Crippen LogP contribution in [0.25, 0.3) is 11.0 Å². The second-order valence-corrected chi connectivity index (χ2v) is 11.7. The van der Waals surface area contributed by atoms with E-state index in [1.807, 2.05) is 49.3 Å². The fourth-order valence-electron chi connectivity index (χ4n) is 4.40. The first-order valence-electron chi connectivity index (χ1n) is 11.4. The summed E-state index contributed by atoms with van der Waals surface area (Å²) in [5.74, 6) is 0.454. The molecule has 33 heavy (non-hydrogen) atoms. The fraction of sp³-hybridized carbons (Fsp3) is 0.423. The number of benzene rings is 2. The molecular weight excluding hydrogens is 436 g/mol. The van der Waals surface area contributed by atoms with Gasteiger partial charge in [0.2, 0.25) is 5.91 Å². The number of rotatable bonds is 7. The Hall–Kier alpha value is -2.80. The Morgan fingerprint density at radius 3 is 2.45 bits per heavy atom. The average molecular weight is 469 g/mol. The van der Waals surface area contributed by atoms with Crippen molar-refractivity contribution in [2.24, 2.45) is 0 Å². The molecule has 2 heterocycles. The lowest BCUT2D eigenvalue weighted by Crippen LogP contribution is -2.41. The van der Waals surface area contributed by atoms with Crippen LogP contribution >= 0.6 is 0 Å². The van der Waals surface area contributed by atoms with E-state index >= 15 is 0 Å². The number of furan rings is 1. The van der Waals surface area contributed by atoms with Gasteiger partial charge in [-0.1, -0.05) is 32.0 Å². The molecule has 4 rings (SSSR count). The predicted octanol–water partition coefficient (Wildman–Crippen LogP) is 4.38. The van der Waals surface area contributed by atoms with Gasteiger partial charge in [-0.2, -0.15) is 0 Å². The summed E-state index contributed by atoms with van der Waals surface area (Å²) in [5.41, 5.74) is 4.85. The topological polar surface area (TPSA) is 70.8 Å². The highest BCUT2D eigenvalue weighted by Gasteiger charge is 2.35. The summed E-state index contributed by atoms with van der Waals surface area (Å²) >= 11 is 0. The molecule has 0 N–H and O–H groups in total. The van der Waals surface area contributed by atoms with Crippen molar-refractivity contribution in [1.82, 2.24) is 4.90 Å². The molecule has 2 aromatic carbocycles. The molecule has 1 aliphatic heterocycles. The van der Waals surface area contributed by atoms with Crippen LogP contribution in [0.1, 0.15) is 42.9 Å². The third kappa shape index (κ3) is 5.24. The van der Waals surface area contributed by atoms with Gasteiger partial charge in [0.1, 0.15) is 5.58 Å². The summed E-state index contributed by atoms with van der Waals surface area (Å²) in [6, 6.07) is 13.8. The monoisotopic (exact) mass is 468 g/mol. The minimum absolute atomic E-state index is 0.0259. The molecular formula is C26H32N2O4S. The molecule has 6 nitrogen and oxygen atoms in total. The van der Waals surface area contributed by atoms with Gasteiger partial charge in [-0.3, -0.25) is 4.79 Å². The third-order valence-corrected chi connectivity index (χ3v) is 8.21. The molecule has 0 radical (unpaired) electrons. The van der Waals surface area contributed by atoms with Gasteiger partial charge in [0.25, 0.3) is 0 Å². The van der Waals surface area contributed by atoms with Gasteiger partial charge >= 0.3 is 0 Å². The molecule has 0 spiro atoms. The van der Waals surface area contributed by atoms with Crippen molar-refractivity contribution < 1.29 is 17.6 Å². The molecule has 1 unspecified atom stereocenters. The first-order valence-corrected chi connectivity index (χ1v) is 13.2. The van der Waals surface area contributed by atoms with E-state index in [4.69, 9.17) is 4.42 Å². The molecule has 1 atom stereocenters. The first-order chi connectivity index (χ1) is 15.6. The number of anilines is 1. The summed E-state index contributed by atoms with van der Waals surface area (Å²) in [6.07, 6.45) is 2.32. The zero-order chi connectivity index (χ0) is 23.8. The number of nitrogens with zero attached hydrogens (tertiary/aromatic N) is 2. The van der Waals surface area contributed by atoms with Crippen LogP contribution in [0.3, 0.4) is 0 Å². The highest BCUT2D eigenvalue weighted by atomic mass is 32.2. The maximum absolute atomic E-state index is 13.5. The molecule has 3 aromatic rings. The van der Waals surface area contributed by atoms with E-state index in [9.17, 15) is 13.2 Å². The quantitative estimate of drug-likeness (QED) is 0.515. The van der Waals surface area contributed by atoms with Crippen molar-refractivity contribution in [3.63, 3.8) is 0 Å². The van der Waals surface area contributed by atoms with E-state index in [0.717, 1.165) is 27.8 Å². The first kappa shape index (κ1) is 23.4. The van der Waals surface area contributed by atoms with Gasteiger partial charge in [0.15, 0.2) is 9.84 Å². The summed E-state index contributed by atoms with van der Waals surface area (Å²) in [5, 5.41) is 0.948. The second-order valence-electron chi connectivity index (χ2n) is 9.49. The van der Waals surface area contributed by atoms with Crippen molar-refractivity contribution in [2.75, 3.05) is 30.5 Å². The zero-order valence-corrected chi connectivity index (χ0v) is 20.6. The van der Waals surface area contributed by atoms with Gasteiger partial charge in [-0.05, 0) is 47.7 Å². The number of hydrogen-bond acceptors (Lipinski definition) is 5. The van der Waals surface area contributed by atoms with Gasteiger partial charge in [0.05, 0.1) is 24.2 Å². The Bertz CT molecular complexity index is 1240. The van der Waals surface area contributed by atoms with Crippen molar-refractivity contribution in [3.05, 3.63) is 65.4 Å². The number of carbonyl (C=O) groups is 1. The Kier molecular flexibility index (Phi) is 6.52. The molecule has 1 aliphatic rings. The lowest BCUT2D eigenvalue weighted by molar-refractivity contribution is -0.133. The van der Waals surface area contributed by atoms with Crippen LogP contribution in [0.5, 0.6) is 0 Å². The Labute approximate surface area is 196 Å². The summed E-state index contributed by atoms with van der Waals surface area (Å²) in [7, 11) is 0.845. The molecule has 1 aromatic heterocycles. The highest BCUT2D eigenvalue weighted by molar-refractivity contribution is 7.91. The number of amides is 1. The molecule has 0 aliphatic carbocycles. The summed E-state index contributed by atoms with van der Waals surface area (Å²) < 4.78 is 30.1. The van der Waals surface area contributed by atoms with Crippen LogP contribution in [-0.2, 0) is 27.6 Å². The summed E-state index contributed by atoms with van der Waals surface area (Å²) in [4.78, 5) is 17.3. The van der Waals surface area contributed by atoms with Crippen molar-refractivity contribution in [3.8, 4) is 0 Å². The SMILES string of the molecule is CC(C)c1ccc2occ(CC(=O)N(Cc3ccc(N(C)C)cc3)C3CCS(=O)(=O)C3)c2c1. The van der Waals surface area contributed by atoms with Gasteiger partial charge in [-0.25, -0.2) is 8.42 Å². The minimum atomic E-state index is -3.12. The Balaban J connectivity index is 1.60. The van der Waals surface area contributed by atoms with Crippen LogP contribution in [0.4, 0.5) is 5.69 Å². The summed E-state index contributed by atoms with van der Waals surface area (Å²) in [6.45, 7) is 4.66. The van der Waals surface area contributed by atoms with Crippen LogP contribution in [0, 0.1) is 0 Å². The fourth-order valence-corrected chi connectivity index (χ4v) is 6.13. The average Bonchev–Trinajstić information content (AvgIpc) is 3.34. The predicted molar refractivity (Wildman–Crippen MR) is 132 cm³/mol. The maximum atomic E-state index is 13.5.